The van der Waals surface area contributed by atoms with Gasteiger partial charge in [0, 0.05) is 21.3 Å². The Morgan fingerprint density at radius 2 is 1.94 bits per heavy atom. The second-order valence-electron chi connectivity index (χ2n) is 3.94. The molecule has 0 fully saturated rings. The van der Waals surface area contributed by atoms with Gasteiger partial charge in [-0.15, -0.1) is 0 Å². The summed E-state index contributed by atoms with van der Waals surface area (Å²) in [6.07, 6.45) is 3.64. The number of aryl methyl sites for hydroxylation is 1. The molecular weight excluding hydrogens is 344 g/mol. The number of benzene rings is 1. The van der Waals surface area contributed by atoms with Crippen molar-refractivity contribution in [1.82, 2.24) is 4.98 Å². The minimum atomic E-state index is -0.162. The first-order chi connectivity index (χ1) is 8.08. The maximum absolute atomic E-state index is 6.25. The van der Waals surface area contributed by atoms with Gasteiger partial charge in [0.05, 0.1) is 6.04 Å². The SMILES string of the molecule is Cc1cncc(C(N)c2ccc(Br)cc2Br)c1. The molecule has 0 saturated heterocycles. The fourth-order valence-electron chi connectivity index (χ4n) is 1.68. The lowest BCUT2D eigenvalue weighted by Gasteiger charge is -2.14. The third kappa shape index (κ3) is 2.94. The molecule has 0 radical (unpaired) electrons. The van der Waals surface area contributed by atoms with Gasteiger partial charge in [-0.2, -0.15) is 0 Å². The van der Waals surface area contributed by atoms with Crippen LogP contribution in [0.15, 0.2) is 45.6 Å². The Morgan fingerprint density at radius 3 is 2.59 bits per heavy atom. The highest BCUT2D eigenvalue weighted by atomic mass is 79.9. The molecule has 1 heterocycles. The number of nitrogens with zero attached hydrogens (tertiary/aromatic N) is 1. The van der Waals surface area contributed by atoms with Crippen LogP contribution in [0.4, 0.5) is 0 Å². The first-order valence-electron chi connectivity index (χ1n) is 5.20. The Kier molecular flexibility index (Phi) is 3.97. The van der Waals surface area contributed by atoms with Crippen LogP contribution in [0.1, 0.15) is 22.7 Å². The zero-order valence-corrected chi connectivity index (χ0v) is 12.5. The Morgan fingerprint density at radius 1 is 1.18 bits per heavy atom. The van der Waals surface area contributed by atoms with Crippen LogP contribution in [-0.4, -0.2) is 4.98 Å². The van der Waals surface area contributed by atoms with E-state index in [2.05, 4.69) is 42.9 Å². The minimum Gasteiger partial charge on any atom is -0.320 e. The zero-order valence-electron chi connectivity index (χ0n) is 9.32. The summed E-state index contributed by atoms with van der Waals surface area (Å²) in [5.41, 5.74) is 9.45. The topological polar surface area (TPSA) is 38.9 Å². The zero-order chi connectivity index (χ0) is 12.4. The van der Waals surface area contributed by atoms with Crippen LogP contribution in [0.3, 0.4) is 0 Å². The summed E-state index contributed by atoms with van der Waals surface area (Å²) in [6.45, 7) is 2.01. The summed E-state index contributed by atoms with van der Waals surface area (Å²) >= 11 is 6.96. The van der Waals surface area contributed by atoms with E-state index >= 15 is 0 Å². The normalized spacial score (nSPS) is 12.5. The molecule has 0 spiro atoms. The minimum absolute atomic E-state index is 0.162. The molecule has 2 N–H and O–H groups in total. The Labute approximate surface area is 118 Å². The first kappa shape index (κ1) is 12.7. The molecule has 17 heavy (non-hydrogen) atoms. The fourth-order valence-corrected chi connectivity index (χ4v) is 2.98. The number of hydrogen-bond acceptors (Lipinski definition) is 2. The molecule has 2 rings (SSSR count). The number of nitrogens with two attached hydrogens (primary N) is 1. The number of rotatable bonds is 2. The molecule has 0 bridgehead atoms. The molecule has 0 amide bonds. The highest BCUT2D eigenvalue weighted by molar-refractivity contribution is 9.11. The van der Waals surface area contributed by atoms with Crippen molar-refractivity contribution in [1.29, 1.82) is 0 Å². The molecule has 0 aliphatic heterocycles. The molecule has 1 atom stereocenters. The van der Waals surface area contributed by atoms with Gasteiger partial charge in [-0.1, -0.05) is 44.0 Å². The van der Waals surface area contributed by atoms with Crippen molar-refractivity contribution in [2.75, 3.05) is 0 Å². The van der Waals surface area contributed by atoms with Crippen molar-refractivity contribution >= 4 is 31.9 Å². The van der Waals surface area contributed by atoms with E-state index in [0.717, 1.165) is 25.6 Å². The summed E-state index contributed by atoms with van der Waals surface area (Å²) in [5.74, 6) is 0. The second-order valence-corrected chi connectivity index (χ2v) is 5.71. The predicted octanol–water partition coefficient (Wildman–Crippen LogP) is 3.96. The maximum Gasteiger partial charge on any atom is 0.0578 e. The van der Waals surface area contributed by atoms with Crippen LogP contribution in [-0.2, 0) is 0 Å². The summed E-state index contributed by atoms with van der Waals surface area (Å²) in [6, 6.07) is 7.90. The van der Waals surface area contributed by atoms with Gasteiger partial charge in [0.2, 0.25) is 0 Å². The molecule has 1 unspecified atom stereocenters. The molecule has 0 saturated carbocycles. The van der Waals surface area contributed by atoms with Crippen LogP contribution >= 0.6 is 31.9 Å². The van der Waals surface area contributed by atoms with E-state index in [1.54, 1.807) is 0 Å². The number of aromatic nitrogens is 1. The highest BCUT2D eigenvalue weighted by Gasteiger charge is 2.12. The van der Waals surface area contributed by atoms with Crippen LogP contribution in [0.5, 0.6) is 0 Å². The van der Waals surface area contributed by atoms with Gasteiger partial charge in [0.15, 0.2) is 0 Å². The summed E-state index contributed by atoms with van der Waals surface area (Å²) in [7, 11) is 0. The summed E-state index contributed by atoms with van der Waals surface area (Å²) < 4.78 is 2.03. The Bertz CT molecular complexity index is 541. The molecular formula is C13H12Br2N2. The molecule has 0 aliphatic carbocycles. The number of halogens is 2. The van der Waals surface area contributed by atoms with Gasteiger partial charge in [-0.3, -0.25) is 4.98 Å². The van der Waals surface area contributed by atoms with Gasteiger partial charge in [-0.05, 0) is 35.7 Å². The fraction of sp³-hybridized carbons (Fsp3) is 0.154. The standard InChI is InChI=1S/C13H12Br2N2/c1-8-4-9(7-17-6-8)13(16)11-3-2-10(14)5-12(11)15/h2-7,13H,16H2,1H3. The molecule has 0 aliphatic rings. The van der Waals surface area contributed by atoms with Crippen molar-refractivity contribution < 1.29 is 0 Å². The van der Waals surface area contributed by atoms with Gasteiger partial charge in [0.25, 0.3) is 0 Å². The summed E-state index contributed by atoms with van der Waals surface area (Å²) in [5, 5.41) is 0. The number of hydrogen-bond donors (Lipinski definition) is 1. The van der Waals surface area contributed by atoms with Crippen molar-refractivity contribution in [2.45, 2.75) is 13.0 Å². The van der Waals surface area contributed by atoms with E-state index in [1.807, 2.05) is 37.5 Å². The third-order valence-electron chi connectivity index (χ3n) is 2.55. The van der Waals surface area contributed by atoms with Crippen molar-refractivity contribution in [2.24, 2.45) is 5.73 Å². The van der Waals surface area contributed by atoms with E-state index < -0.39 is 0 Å². The van der Waals surface area contributed by atoms with E-state index in [0.29, 0.717) is 0 Å². The van der Waals surface area contributed by atoms with Gasteiger partial charge in [-0.25, -0.2) is 0 Å². The first-order valence-corrected chi connectivity index (χ1v) is 6.78. The van der Waals surface area contributed by atoms with Crippen molar-refractivity contribution in [3.05, 3.63) is 62.3 Å². The highest BCUT2D eigenvalue weighted by Crippen LogP contribution is 2.29. The van der Waals surface area contributed by atoms with E-state index in [-0.39, 0.29) is 6.04 Å². The third-order valence-corrected chi connectivity index (χ3v) is 3.73. The largest absolute Gasteiger partial charge is 0.320 e. The van der Waals surface area contributed by atoms with Gasteiger partial charge in [0.1, 0.15) is 0 Å². The van der Waals surface area contributed by atoms with E-state index in [4.69, 9.17) is 5.73 Å². The molecule has 4 heteroatoms. The van der Waals surface area contributed by atoms with Crippen molar-refractivity contribution in [3.63, 3.8) is 0 Å². The molecule has 88 valence electrons. The quantitative estimate of drug-likeness (QED) is 0.885. The lowest BCUT2D eigenvalue weighted by atomic mass is 10.0. The second kappa shape index (κ2) is 5.29. The van der Waals surface area contributed by atoms with Crippen molar-refractivity contribution in [3.8, 4) is 0 Å². The van der Waals surface area contributed by atoms with Gasteiger partial charge < -0.3 is 5.73 Å². The molecule has 1 aromatic heterocycles. The monoisotopic (exact) mass is 354 g/mol. The smallest absolute Gasteiger partial charge is 0.0578 e. The molecule has 2 nitrogen and oxygen atoms in total. The van der Waals surface area contributed by atoms with Crippen LogP contribution in [0.25, 0.3) is 0 Å². The predicted molar refractivity (Wildman–Crippen MR) is 76.8 cm³/mol. The lowest BCUT2D eigenvalue weighted by molar-refractivity contribution is 0.855. The van der Waals surface area contributed by atoms with Crippen LogP contribution < -0.4 is 5.73 Å². The average Bonchev–Trinajstić information content (AvgIpc) is 2.28. The summed E-state index contributed by atoms with van der Waals surface area (Å²) in [4.78, 5) is 4.17. The number of pyridine rings is 1. The van der Waals surface area contributed by atoms with E-state index in [9.17, 15) is 0 Å². The van der Waals surface area contributed by atoms with E-state index in [1.165, 1.54) is 0 Å². The Balaban J connectivity index is 2.40. The van der Waals surface area contributed by atoms with Crippen LogP contribution in [0.2, 0.25) is 0 Å². The molecule has 2 aromatic rings. The molecule has 1 aromatic carbocycles. The maximum atomic E-state index is 6.25. The lowest BCUT2D eigenvalue weighted by Crippen LogP contribution is -2.13. The van der Waals surface area contributed by atoms with Crippen LogP contribution in [0, 0.1) is 6.92 Å². The Hall–Kier alpha value is -0.710. The average molecular weight is 356 g/mol. The van der Waals surface area contributed by atoms with Gasteiger partial charge >= 0.3 is 0 Å².